The first-order chi connectivity index (χ1) is 9.01. The first-order valence-corrected chi connectivity index (χ1v) is 6.70. The van der Waals surface area contributed by atoms with Crippen LogP contribution in [0.3, 0.4) is 0 Å². The molecule has 0 aliphatic heterocycles. The molecule has 19 heavy (non-hydrogen) atoms. The van der Waals surface area contributed by atoms with Crippen LogP contribution in [0, 0.1) is 18.3 Å². The molecule has 0 heterocycles. The molecule has 0 saturated heterocycles. The third-order valence-corrected chi connectivity index (χ3v) is 3.76. The van der Waals surface area contributed by atoms with Crippen LogP contribution in [0.25, 0.3) is 0 Å². The number of nitrogens with one attached hydrogen (secondary N) is 1. The van der Waals surface area contributed by atoms with E-state index in [1.54, 1.807) is 18.2 Å². The number of nitrogen functional groups attached to an aromatic ring is 1. The molecular formula is C14H11BrClN3. The van der Waals surface area contributed by atoms with Gasteiger partial charge in [-0.1, -0.05) is 11.6 Å². The van der Waals surface area contributed by atoms with Crippen molar-refractivity contribution in [2.45, 2.75) is 6.92 Å². The predicted octanol–water partition coefficient (Wildman–Crippen LogP) is 4.61. The number of nitrogens with zero attached hydrogens (tertiary/aromatic N) is 1. The molecule has 0 aliphatic rings. The Kier molecular flexibility index (Phi) is 3.98. The van der Waals surface area contributed by atoms with Gasteiger partial charge in [0.25, 0.3) is 0 Å². The molecule has 0 unspecified atom stereocenters. The van der Waals surface area contributed by atoms with E-state index in [0.29, 0.717) is 16.3 Å². The van der Waals surface area contributed by atoms with Gasteiger partial charge in [-0.3, -0.25) is 0 Å². The molecule has 0 amide bonds. The number of rotatable bonds is 2. The number of nitrogens with two attached hydrogens (primary N) is 1. The summed E-state index contributed by atoms with van der Waals surface area (Å²) < 4.78 is 0.901. The summed E-state index contributed by atoms with van der Waals surface area (Å²) >= 11 is 9.58. The van der Waals surface area contributed by atoms with E-state index in [0.717, 1.165) is 21.4 Å². The molecule has 2 rings (SSSR count). The molecular weight excluding hydrogens is 326 g/mol. The standard InChI is InChI=1S/C14H11BrClN3/c1-8-4-10(15)14(6-11(8)16)19-13-3-2-9(7-17)5-12(13)18/h2-6,19H,18H2,1H3. The van der Waals surface area contributed by atoms with E-state index in [9.17, 15) is 0 Å². The second-order valence-electron chi connectivity index (χ2n) is 4.12. The SMILES string of the molecule is Cc1cc(Br)c(Nc2ccc(C#N)cc2N)cc1Cl. The number of anilines is 3. The van der Waals surface area contributed by atoms with Crippen molar-refractivity contribution in [2.75, 3.05) is 11.1 Å². The number of halogens is 2. The minimum atomic E-state index is 0.516. The Hall–Kier alpha value is -1.70. The molecule has 96 valence electrons. The number of hydrogen-bond acceptors (Lipinski definition) is 3. The van der Waals surface area contributed by atoms with Gasteiger partial charge in [0.15, 0.2) is 0 Å². The van der Waals surface area contributed by atoms with Crippen LogP contribution in [0.1, 0.15) is 11.1 Å². The van der Waals surface area contributed by atoms with Gasteiger partial charge in [0, 0.05) is 9.50 Å². The highest BCUT2D eigenvalue weighted by Gasteiger charge is 2.07. The number of nitriles is 1. The average Bonchev–Trinajstić information content (AvgIpc) is 2.38. The minimum absolute atomic E-state index is 0.516. The van der Waals surface area contributed by atoms with Crippen molar-refractivity contribution in [3.8, 4) is 6.07 Å². The Labute approximate surface area is 125 Å². The highest BCUT2D eigenvalue weighted by Crippen LogP contribution is 2.33. The van der Waals surface area contributed by atoms with Crippen LogP contribution in [0.4, 0.5) is 17.1 Å². The average molecular weight is 337 g/mol. The van der Waals surface area contributed by atoms with Gasteiger partial charge < -0.3 is 11.1 Å². The van der Waals surface area contributed by atoms with Crippen molar-refractivity contribution in [2.24, 2.45) is 0 Å². The summed E-state index contributed by atoms with van der Waals surface area (Å²) in [7, 11) is 0. The van der Waals surface area contributed by atoms with Gasteiger partial charge in [0.2, 0.25) is 0 Å². The van der Waals surface area contributed by atoms with Gasteiger partial charge >= 0.3 is 0 Å². The van der Waals surface area contributed by atoms with E-state index in [2.05, 4.69) is 21.2 Å². The van der Waals surface area contributed by atoms with Gasteiger partial charge in [-0.25, -0.2) is 0 Å². The molecule has 0 atom stereocenters. The Balaban J connectivity index is 2.37. The smallest absolute Gasteiger partial charge is 0.0992 e. The normalized spacial score (nSPS) is 10.0. The first-order valence-electron chi connectivity index (χ1n) is 5.53. The highest BCUT2D eigenvalue weighted by atomic mass is 79.9. The second-order valence-corrected chi connectivity index (χ2v) is 5.38. The fourth-order valence-electron chi connectivity index (χ4n) is 1.63. The minimum Gasteiger partial charge on any atom is -0.397 e. The van der Waals surface area contributed by atoms with Crippen molar-refractivity contribution in [1.82, 2.24) is 0 Å². The zero-order valence-electron chi connectivity index (χ0n) is 10.2. The summed E-state index contributed by atoms with van der Waals surface area (Å²) in [5.41, 5.74) is 9.50. The molecule has 0 bridgehead atoms. The fourth-order valence-corrected chi connectivity index (χ4v) is 2.35. The molecule has 2 aromatic rings. The van der Waals surface area contributed by atoms with E-state index >= 15 is 0 Å². The lowest BCUT2D eigenvalue weighted by Crippen LogP contribution is -1.98. The van der Waals surface area contributed by atoms with Crippen LogP contribution >= 0.6 is 27.5 Å². The van der Waals surface area contributed by atoms with Crippen LogP contribution in [0.5, 0.6) is 0 Å². The molecule has 0 aliphatic carbocycles. The van der Waals surface area contributed by atoms with Crippen molar-refractivity contribution in [3.63, 3.8) is 0 Å². The number of aryl methyl sites for hydroxylation is 1. The molecule has 0 spiro atoms. The molecule has 3 nitrogen and oxygen atoms in total. The Morgan fingerprint density at radius 2 is 2.00 bits per heavy atom. The quantitative estimate of drug-likeness (QED) is 0.787. The molecule has 0 saturated carbocycles. The van der Waals surface area contributed by atoms with Crippen molar-refractivity contribution in [1.29, 1.82) is 5.26 Å². The summed E-state index contributed by atoms with van der Waals surface area (Å²) in [4.78, 5) is 0. The van der Waals surface area contributed by atoms with Crippen LogP contribution in [-0.4, -0.2) is 0 Å². The maximum atomic E-state index is 8.80. The molecule has 0 aromatic heterocycles. The van der Waals surface area contributed by atoms with Gasteiger partial charge in [0.05, 0.1) is 28.7 Å². The van der Waals surface area contributed by atoms with E-state index < -0.39 is 0 Å². The zero-order valence-corrected chi connectivity index (χ0v) is 12.5. The lowest BCUT2D eigenvalue weighted by atomic mass is 10.1. The maximum absolute atomic E-state index is 8.80. The summed E-state index contributed by atoms with van der Waals surface area (Å²) in [6, 6.07) is 10.9. The molecule has 2 aromatic carbocycles. The van der Waals surface area contributed by atoms with E-state index in [-0.39, 0.29) is 0 Å². The Bertz CT molecular complexity index is 677. The van der Waals surface area contributed by atoms with Gasteiger partial charge in [-0.15, -0.1) is 0 Å². The maximum Gasteiger partial charge on any atom is 0.0992 e. The highest BCUT2D eigenvalue weighted by molar-refractivity contribution is 9.10. The van der Waals surface area contributed by atoms with Crippen molar-refractivity contribution in [3.05, 3.63) is 51.0 Å². The molecule has 0 radical (unpaired) electrons. The second kappa shape index (κ2) is 5.52. The summed E-state index contributed by atoms with van der Waals surface area (Å²) in [6.45, 7) is 1.94. The molecule has 3 N–H and O–H groups in total. The van der Waals surface area contributed by atoms with Crippen LogP contribution in [0.2, 0.25) is 5.02 Å². The third kappa shape index (κ3) is 3.01. The van der Waals surface area contributed by atoms with E-state index in [4.69, 9.17) is 22.6 Å². The fraction of sp³-hybridized carbons (Fsp3) is 0.0714. The van der Waals surface area contributed by atoms with Crippen LogP contribution < -0.4 is 11.1 Å². The van der Waals surface area contributed by atoms with Crippen molar-refractivity contribution >= 4 is 44.6 Å². The van der Waals surface area contributed by atoms with Gasteiger partial charge in [-0.2, -0.15) is 5.26 Å². The lowest BCUT2D eigenvalue weighted by molar-refractivity contribution is 1.42. The topological polar surface area (TPSA) is 61.8 Å². The van der Waals surface area contributed by atoms with Crippen molar-refractivity contribution < 1.29 is 0 Å². The monoisotopic (exact) mass is 335 g/mol. The van der Waals surface area contributed by atoms with Gasteiger partial charge in [-0.05, 0) is 58.7 Å². The zero-order chi connectivity index (χ0) is 14.0. The van der Waals surface area contributed by atoms with Gasteiger partial charge in [0.1, 0.15) is 0 Å². The number of hydrogen-bond donors (Lipinski definition) is 2. The lowest BCUT2D eigenvalue weighted by Gasteiger charge is -2.12. The molecule has 0 fully saturated rings. The predicted molar refractivity (Wildman–Crippen MR) is 82.7 cm³/mol. The largest absolute Gasteiger partial charge is 0.397 e. The van der Waals surface area contributed by atoms with E-state index in [1.165, 1.54) is 0 Å². The number of benzene rings is 2. The first kappa shape index (κ1) is 13.7. The molecule has 5 heteroatoms. The van der Waals surface area contributed by atoms with Crippen LogP contribution in [-0.2, 0) is 0 Å². The third-order valence-electron chi connectivity index (χ3n) is 2.70. The summed E-state index contributed by atoms with van der Waals surface area (Å²) in [5, 5.41) is 12.7. The van der Waals surface area contributed by atoms with E-state index in [1.807, 2.05) is 25.1 Å². The van der Waals surface area contributed by atoms with Crippen LogP contribution in [0.15, 0.2) is 34.8 Å². The summed E-state index contributed by atoms with van der Waals surface area (Å²) in [5.74, 6) is 0. The Morgan fingerprint density at radius 3 is 2.63 bits per heavy atom. The Morgan fingerprint density at radius 1 is 1.26 bits per heavy atom. The summed E-state index contributed by atoms with van der Waals surface area (Å²) in [6.07, 6.45) is 0.